The number of nitrogens with one attached hydrogen (secondary N) is 1. The third-order valence-corrected chi connectivity index (χ3v) is 3.78. The van der Waals surface area contributed by atoms with Gasteiger partial charge in [-0.05, 0) is 31.2 Å². The van der Waals surface area contributed by atoms with Crippen molar-refractivity contribution in [1.29, 1.82) is 0 Å². The minimum Gasteiger partial charge on any atom is -0.353 e. The van der Waals surface area contributed by atoms with E-state index in [1.54, 1.807) is 6.20 Å². The number of hydrazine groups is 1. The summed E-state index contributed by atoms with van der Waals surface area (Å²) in [6.07, 6.45) is 8.16. The van der Waals surface area contributed by atoms with Gasteiger partial charge >= 0.3 is 0 Å². The molecule has 0 unspecified atom stereocenters. The molecule has 3 N–H and O–H groups in total. The Morgan fingerprint density at radius 3 is 2.79 bits per heavy atom. The fourth-order valence-electron chi connectivity index (χ4n) is 2.68. The molecule has 0 spiro atoms. The molecule has 1 saturated carbocycles. The fraction of sp³-hybridized carbons (Fsp3) is 0.714. The van der Waals surface area contributed by atoms with Gasteiger partial charge in [-0.1, -0.05) is 26.7 Å². The van der Waals surface area contributed by atoms with E-state index in [0.717, 1.165) is 12.4 Å². The molecule has 5 heteroatoms. The van der Waals surface area contributed by atoms with Gasteiger partial charge in [0, 0.05) is 18.8 Å². The Kier molecular flexibility index (Phi) is 4.96. The Hall–Kier alpha value is -1.36. The lowest BCUT2D eigenvalue weighted by Crippen LogP contribution is -2.35. The normalized spacial score (nSPS) is 16.0. The summed E-state index contributed by atoms with van der Waals surface area (Å²) in [6.45, 7) is 5.59. The van der Waals surface area contributed by atoms with Crippen molar-refractivity contribution in [2.45, 2.75) is 52.0 Å². The van der Waals surface area contributed by atoms with Crippen molar-refractivity contribution in [3.63, 3.8) is 0 Å². The smallest absolute Gasteiger partial charge is 0.239 e. The molecule has 1 aromatic heterocycles. The zero-order chi connectivity index (χ0) is 13.7. The molecule has 1 aliphatic carbocycles. The molecule has 2 rings (SSSR count). The van der Waals surface area contributed by atoms with Gasteiger partial charge in [0.05, 0.1) is 0 Å². The quantitative estimate of drug-likeness (QED) is 0.610. The van der Waals surface area contributed by atoms with Crippen LogP contribution in [0, 0.1) is 5.92 Å². The molecule has 5 nitrogen and oxygen atoms in total. The lowest BCUT2D eigenvalue weighted by Gasteiger charge is -2.30. The molecular formula is C14H25N5. The predicted octanol–water partition coefficient (Wildman–Crippen LogP) is 2.56. The van der Waals surface area contributed by atoms with Gasteiger partial charge in [0.2, 0.25) is 5.95 Å². The van der Waals surface area contributed by atoms with E-state index in [0.29, 0.717) is 17.9 Å². The molecule has 1 aromatic rings. The summed E-state index contributed by atoms with van der Waals surface area (Å²) in [6, 6.07) is 2.61. The number of hydrogen-bond acceptors (Lipinski definition) is 5. The van der Waals surface area contributed by atoms with Crippen LogP contribution in [-0.2, 0) is 0 Å². The summed E-state index contributed by atoms with van der Waals surface area (Å²) in [4.78, 5) is 11.0. The first-order valence-corrected chi connectivity index (χ1v) is 7.27. The van der Waals surface area contributed by atoms with Crippen LogP contribution in [-0.4, -0.2) is 22.6 Å². The van der Waals surface area contributed by atoms with E-state index in [1.165, 1.54) is 32.1 Å². The molecule has 19 heavy (non-hydrogen) atoms. The highest BCUT2D eigenvalue weighted by molar-refractivity contribution is 5.43. The zero-order valence-corrected chi connectivity index (χ0v) is 12.0. The monoisotopic (exact) mass is 263 g/mol. The lowest BCUT2D eigenvalue weighted by molar-refractivity contribution is 0.525. The summed E-state index contributed by atoms with van der Waals surface area (Å²) >= 11 is 0. The van der Waals surface area contributed by atoms with Gasteiger partial charge < -0.3 is 4.90 Å². The van der Waals surface area contributed by atoms with Gasteiger partial charge in [-0.2, -0.15) is 4.98 Å². The first-order valence-electron chi connectivity index (χ1n) is 7.27. The highest BCUT2D eigenvalue weighted by atomic mass is 15.3. The highest BCUT2D eigenvalue weighted by Gasteiger charge is 2.23. The summed E-state index contributed by atoms with van der Waals surface area (Å²) in [5.74, 6) is 7.59. The first-order chi connectivity index (χ1) is 9.20. The maximum Gasteiger partial charge on any atom is 0.239 e. The lowest BCUT2D eigenvalue weighted by atomic mass is 10.1. The minimum atomic E-state index is 0.491. The molecule has 0 aliphatic heterocycles. The molecule has 0 saturated heterocycles. The highest BCUT2D eigenvalue weighted by Crippen LogP contribution is 2.28. The van der Waals surface area contributed by atoms with E-state index in [-0.39, 0.29) is 0 Å². The first kappa shape index (κ1) is 14.1. The Morgan fingerprint density at radius 1 is 1.42 bits per heavy atom. The second-order valence-corrected chi connectivity index (χ2v) is 5.70. The average molecular weight is 263 g/mol. The van der Waals surface area contributed by atoms with E-state index in [4.69, 9.17) is 5.84 Å². The predicted molar refractivity (Wildman–Crippen MR) is 78.9 cm³/mol. The van der Waals surface area contributed by atoms with Crippen molar-refractivity contribution in [3.8, 4) is 0 Å². The number of anilines is 2. The largest absolute Gasteiger partial charge is 0.353 e. The van der Waals surface area contributed by atoms with Crippen LogP contribution >= 0.6 is 0 Å². The SMILES string of the molecule is CC(C)CCN(c1ccnc(NN)n1)C1CCCC1. The summed E-state index contributed by atoms with van der Waals surface area (Å²) < 4.78 is 0. The maximum absolute atomic E-state index is 5.40. The second-order valence-electron chi connectivity index (χ2n) is 5.70. The molecule has 0 aromatic carbocycles. The van der Waals surface area contributed by atoms with E-state index >= 15 is 0 Å². The molecule has 0 radical (unpaired) electrons. The third kappa shape index (κ3) is 3.80. The molecule has 0 atom stereocenters. The molecule has 106 valence electrons. The topological polar surface area (TPSA) is 67.1 Å². The molecule has 1 fully saturated rings. The Labute approximate surface area is 115 Å². The minimum absolute atomic E-state index is 0.491. The van der Waals surface area contributed by atoms with Crippen molar-refractivity contribution in [3.05, 3.63) is 12.3 Å². The van der Waals surface area contributed by atoms with Crippen molar-refractivity contribution in [2.75, 3.05) is 16.9 Å². The number of nitrogens with zero attached hydrogens (tertiary/aromatic N) is 3. The number of aromatic nitrogens is 2. The molecule has 1 aliphatic rings. The van der Waals surface area contributed by atoms with Gasteiger partial charge in [0.15, 0.2) is 0 Å². The standard InChI is InChI=1S/C14H25N5/c1-11(2)8-10-19(12-5-3-4-6-12)13-7-9-16-14(17-13)18-15/h7,9,11-12H,3-6,8,10,15H2,1-2H3,(H,16,17,18). The number of nitrogens with two attached hydrogens (primary N) is 1. The number of hydrogen-bond donors (Lipinski definition) is 2. The Balaban J connectivity index is 2.14. The van der Waals surface area contributed by atoms with Crippen LogP contribution in [0.1, 0.15) is 46.0 Å². The van der Waals surface area contributed by atoms with Crippen LogP contribution in [0.15, 0.2) is 12.3 Å². The van der Waals surface area contributed by atoms with Crippen LogP contribution in [0.25, 0.3) is 0 Å². The summed E-state index contributed by atoms with van der Waals surface area (Å²) in [5.41, 5.74) is 2.53. The number of nitrogen functional groups attached to an aromatic ring is 1. The van der Waals surface area contributed by atoms with E-state index in [1.807, 2.05) is 6.07 Å². The third-order valence-electron chi connectivity index (χ3n) is 3.78. The molecule has 0 bridgehead atoms. The van der Waals surface area contributed by atoms with Crippen LogP contribution < -0.4 is 16.2 Å². The van der Waals surface area contributed by atoms with Gasteiger partial charge in [0.25, 0.3) is 0 Å². The van der Waals surface area contributed by atoms with E-state index < -0.39 is 0 Å². The van der Waals surface area contributed by atoms with Gasteiger partial charge in [0.1, 0.15) is 5.82 Å². The van der Waals surface area contributed by atoms with Crippen molar-refractivity contribution in [1.82, 2.24) is 9.97 Å². The molecule has 1 heterocycles. The second kappa shape index (κ2) is 6.70. The van der Waals surface area contributed by atoms with E-state index in [9.17, 15) is 0 Å². The van der Waals surface area contributed by atoms with Crippen LogP contribution in [0.3, 0.4) is 0 Å². The molecular weight excluding hydrogens is 238 g/mol. The average Bonchev–Trinajstić information content (AvgIpc) is 2.93. The zero-order valence-electron chi connectivity index (χ0n) is 12.0. The maximum atomic E-state index is 5.40. The van der Waals surface area contributed by atoms with Crippen LogP contribution in [0.2, 0.25) is 0 Å². The fourth-order valence-corrected chi connectivity index (χ4v) is 2.68. The van der Waals surface area contributed by atoms with Crippen molar-refractivity contribution >= 4 is 11.8 Å². The van der Waals surface area contributed by atoms with Gasteiger partial charge in [-0.15, -0.1) is 0 Å². The van der Waals surface area contributed by atoms with Crippen molar-refractivity contribution in [2.24, 2.45) is 11.8 Å². The summed E-state index contributed by atoms with van der Waals surface area (Å²) in [7, 11) is 0. The Morgan fingerprint density at radius 2 is 2.16 bits per heavy atom. The van der Waals surface area contributed by atoms with Crippen LogP contribution in [0.5, 0.6) is 0 Å². The van der Waals surface area contributed by atoms with Gasteiger partial charge in [-0.25, -0.2) is 10.8 Å². The molecule has 0 amide bonds. The number of rotatable bonds is 6. The van der Waals surface area contributed by atoms with Crippen molar-refractivity contribution < 1.29 is 0 Å². The van der Waals surface area contributed by atoms with Gasteiger partial charge in [-0.3, -0.25) is 5.43 Å². The van der Waals surface area contributed by atoms with E-state index in [2.05, 4.69) is 34.1 Å². The Bertz CT molecular complexity index is 387. The summed E-state index contributed by atoms with van der Waals surface area (Å²) in [5, 5.41) is 0. The van der Waals surface area contributed by atoms with Crippen LogP contribution in [0.4, 0.5) is 11.8 Å².